The van der Waals surface area contributed by atoms with E-state index in [0.717, 1.165) is 51.3 Å². The van der Waals surface area contributed by atoms with Crippen molar-refractivity contribution in [2.24, 2.45) is 5.92 Å². The summed E-state index contributed by atoms with van der Waals surface area (Å²) in [7, 11) is 3.59. The normalized spacial score (nSPS) is 22.7. The molecule has 1 saturated carbocycles. The van der Waals surface area contributed by atoms with Crippen molar-refractivity contribution in [1.29, 1.82) is 0 Å². The Morgan fingerprint density at radius 1 is 1.17 bits per heavy atom. The summed E-state index contributed by atoms with van der Waals surface area (Å²) in [4.78, 5) is 18.4. The number of amides is 2. The van der Waals surface area contributed by atoms with Gasteiger partial charge in [-0.3, -0.25) is 4.90 Å². The molecular formula is C21H33BrCl2N4O. The third kappa shape index (κ3) is 6.91. The lowest BCUT2D eigenvalue weighted by molar-refractivity contribution is 0.191. The number of carbonyl (C=O) groups is 1. The van der Waals surface area contributed by atoms with Crippen LogP contribution >= 0.6 is 40.2 Å². The number of nitrogens with zero attached hydrogens (tertiary/aromatic N) is 3. The van der Waals surface area contributed by atoms with Crippen LogP contribution in [0.5, 0.6) is 0 Å². The number of carbonyl (C=O) groups excluding carboxylic acids is 1. The predicted molar refractivity (Wildman–Crippen MR) is 128 cm³/mol. The van der Waals surface area contributed by atoms with Crippen molar-refractivity contribution in [2.75, 3.05) is 51.7 Å². The van der Waals surface area contributed by atoms with Crippen molar-refractivity contribution in [3.05, 3.63) is 28.2 Å². The first-order chi connectivity index (χ1) is 13.4. The van der Waals surface area contributed by atoms with E-state index in [1.807, 2.05) is 18.2 Å². The third-order valence-corrected chi connectivity index (χ3v) is 6.82. The van der Waals surface area contributed by atoms with Gasteiger partial charge in [-0.2, -0.15) is 0 Å². The Hall–Kier alpha value is -0.690. The average molecular weight is 508 g/mol. The van der Waals surface area contributed by atoms with E-state index in [2.05, 4.69) is 15.1 Å². The summed E-state index contributed by atoms with van der Waals surface area (Å²) in [6.45, 7) is 5.20. The highest BCUT2D eigenvalue weighted by molar-refractivity contribution is 8.93. The van der Waals surface area contributed by atoms with Crippen LogP contribution in [0.4, 0.5) is 10.5 Å². The summed E-state index contributed by atoms with van der Waals surface area (Å²) in [6, 6.07) is 6.21. The molecule has 3 rings (SSSR count). The summed E-state index contributed by atoms with van der Waals surface area (Å²) in [6.07, 6.45) is 5.93. The lowest BCUT2D eigenvalue weighted by atomic mass is 9.83. The van der Waals surface area contributed by atoms with E-state index in [9.17, 15) is 4.79 Å². The zero-order valence-electron chi connectivity index (χ0n) is 17.4. The summed E-state index contributed by atoms with van der Waals surface area (Å²) < 4.78 is 0. The predicted octanol–water partition coefficient (Wildman–Crippen LogP) is 4.91. The minimum absolute atomic E-state index is 0. The molecule has 1 aromatic carbocycles. The third-order valence-electron chi connectivity index (χ3n) is 6.01. The van der Waals surface area contributed by atoms with Crippen LogP contribution in [0.2, 0.25) is 10.0 Å². The van der Waals surface area contributed by atoms with Crippen molar-refractivity contribution < 1.29 is 4.79 Å². The number of halogens is 3. The monoisotopic (exact) mass is 506 g/mol. The molecule has 1 aliphatic carbocycles. The van der Waals surface area contributed by atoms with Gasteiger partial charge in [-0.15, -0.1) is 17.0 Å². The Morgan fingerprint density at radius 3 is 2.59 bits per heavy atom. The van der Waals surface area contributed by atoms with Crippen LogP contribution in [0.25, 0.3) is 0 Å². The number of anilines is 1. The van der Waals surface area contributed by atoms with Crippen molar-refractivity contribution in [3.8, 4) is 0 Å². The second-order valence-electron chi connectivity index (χ2n) is 8.26. The van der Waals surface area contributed by atoms with Crippen molar-refractivity contribution in [3.63, 3.8) is 0 Å². The maximum Gasteiger partial charge on any atom is 0.317 e. The fourth-order valence-corrected chi connectivity index (χ4v) is 4.72. The lowest BCUT2D eigenvalue weighted by Gasteiger charge is -2.38. The van der Waals surface area contributed by atoms with E-state index >= 15 is 0 Å². The summed E-state index contributed by atoms with van der Waals surface area (Å²) >= 11 is 12.5. The second-order valence-corrected chi connectivity index (χ2v) is 9.05. The molecule has 2 unspecified atom stereocenters. The quantitative estimate of drug-likeness (QED) is 0.615. The van der Waals surface area contributed by atoms with Gasteiger partial charge >= 0.3 is 6.03 Å². The first kappa shape index (κ1) is 24.6. The highest BCUT2D eigenvalue weighted by Crippen LogP contribution is 2.33. The van der Waals surface area contributed by atoms with Crippen LogP contribution in [0.3, 0.4) is 0 Å². The van der Waals surface area contributed by atoms with Crippen molar-refractivity contribution >= 4 is 51.9 Å². The number of urea groups is 1. The zero-order valence-corrected chi connectivity index (χ0v) is 20.6. The van der Waals surface area contributed by atoms with Crippen LogP contribution in [-0.4, -0.2) is 68.7 Å². The standard InChI is InChI=1S/C21H32Cl2N4O.BrH/c1-25(2)21(28)24-17-6-3-5-16(15-17)9-10-26-11-13-27(14-12-26)19-8-4-7-18(22)20(19)23;/h4,7-8,16-17H,3,5-6,9-15H2,1-2H3,(H,24,28);1H. The minimum atomic E-state index is 0. The molecule has 5 nitrogen and oxygen atoms in total. The van der Waals surface area contributed by atoms with E-state index in [4.69, 9.17) is 23.2 Å². The molecule has 1 N–H and O–H groups in total. The highest BCUT2D eigenvalue weighted by atomic mass is 79.9. The van der Waals surface area contributed by atoms with Gasteiger partial charge in [0.2, 0.25) is 0 Å². The number of hydrogen-bond acceptors (Lipinski definition) is 3. The Morgan fingerprint density at radius 2 is 1.90 bits per heavy atom. The van der Waals surface area contributed by atoms with E-state index in [0.29, 0.717) is 22.0 Å². The largest absolute Gasteiger partial charge is 0.368 e. The van der Waals surface area contributed by atoms with Gasteiger partial charge in [-0.25, -0.2) is 4.79 Å². The molecule has 1 aliphatic heterocycles. The van der Waals surface area contributed by atoms with Gasteiger partial charge in [0, 0.05) is 46.3 Å². The molecule has 8 heteroatoms. The SMILES string of the molecule is Br.CN(C)C(=O)NC1CCCC(CCN2CCN(c3cccc(Cl)c3Cl)CC2)C1. The maximum atomic E-state index is 11.9. The number of benzene rings is 1. The molecule has 0 bridgehead atoms. The number of nitrogens with one attached hydrogen (secondary N) is 1. The van der Waals surface area contributed by atoms with Crippen molar-refractivity contribution in [1.82, 2.24) is 15.1 Å². The molecule has 1 saturated heterocycles. The molecule has 164 valence electrons. The lowest BCUT2D eigenvalue weighted by Crippen LogP contribution is -2.47. The van der Waals surface area contributed by atoms with Gasteiger partial charge in [-0.1, -0.05) is 42.1 Å². The molecule has 1 aromatic rings. The highest BCUT2D eigenvalue weighted by Gasteiger charge is 2.25. The first-order valence-electron chi connectivity index (χ1n) is 10.3. The Kier molecular flexibility index (Phi) is 9.86. The van der Waals surface area contributed by atoms with E-state index in [1.165, 1.54) is 19.3 Å². The van der Waals surface area contributed by atoms with Gasteiger partial charge in [0.25, 0.3) is 0 Å². The summed E-state index contributed by atoms with van der Waals surface area (Å²) in [5.74, 6) is 0.710. The molecule has 0 radical (unpaired) electrons. The summed E-state index contributed by atoms with van der Waals surface area (Å²) in [5, 5.41) is 4.44. The smallest absolute Gasteiger partial charge is 0.317 e. The topological polar surface area (TPSA) is 38.8 Å². The molecule has 29 heavy (non-hydrogen) atoms. The van der Waals surface area contributed by atoms with Gasteiger partial charge in [0.1, 0.15) is 0 Å². The summed E-state index contributed by atoms with van der Waals surface area (Å²) in [5.41, 5.74) is 1.04. The molecule has 0 spiro atoms. The van der Waals surface area contributed by atoms with Crippen LogP contribution in [-0.2, 0) is 0 Å². The Labute approximate surface area is 195 Å². The van der Waals surface area contributed by atoms with E-state index in [1.54, 1.807) is 19.0 Å². The molecule has 0 aromatic heterocycles. The molecular weight excluding hydrogens is 475 g/mol. The van der Waals surface area contributed by atoms with E-state index in [-0.39, 0.29) is 23.0 Å². The van der Waals surface area contributed by atoms with Gasteiger partial charge in [-0.05, 0) is 43.9 Å². The number of hydrogen-bond donors (Lipinski definition) is 1. The van der Waals surface area contributed by atoms with Crippen LogP contribution < -0.4 is 10.2 Å². The van der Waals surface area contributed by atoms with Gasteiger partial charge < -0.3 is 15.1 Å². The minimum Gasteiger partial charge on any atom is -0.368 e. The van der Waals surface area contributed by atoms with Crippen LogP contribution in [0.15, 0.2) is 18.2 Å². The first-order valence-corrected chi connectivity index (χ1v) is 11.1. The molecule has 2 aliphatic rings. The van der Waals surface area contributed by atoms with Gasteiger partial charge in [0.05, 0.1) is 15.7 Å². The van der Waals surface area contributed by atoms with Gasteiger partial charge in [0.15, 0.2) is 0 Å². The fraction of sp³-hybridized carbons (Fsp3) is 0.667. The van der Waals surface area contributed by atoms with Crippen LogP contribution in [0, 0.1) is 5.92 Å². The number of rotatable bonds is 5. The fourth-order valence-electron chi connectivity index (χ4n) is 4.30. The van der Waals surface area contributed by atoms with Crippen LogP contribution in [0.1, 0.15) is 32.1 Å². The second kappa shape index (κ2) is 11.6. The Balaban J connectivity index is 0.00000300. The van der Waals surface area contributed by atoms with E-state index < -0.39 is 0 Å². The van der Waals surface area contributed by atoms with Crippen molar-refractivity contribution in [2.45, 2.75) is 38.1 Å². The Bertz CT molecular complexity index is 668. The molecule has 1 heterocycles. The average Bonchev–Trinajstić information content (AvgIpc) is 2.69. The molecule has 2 amide bonds. The zero-order chi connectivity index (χ0) is 20.1. The molecule has 2 fully saturated rings. The number of piperazine rings is 1. The maximum absolute atomic E-state index is 11.9. The molecule has 2 atom stereocenters.